The maximum Gasteiger partial charge on any atom is 0.434 e. The predicted molar refractivity (Wildman–Crippen MR) is 104 cm³/mol. The number of alkyl halides is 3. The largest absolute Gasteiger partial charge is 0.434 e. The first-order valence-corrected chi connectivity index (χ1v) is 9.60. The predicted octanol–water partition coefficient (Wildman–Crippen LogP) is 5.30. The van der Waals surface area contributed by atoms with Gasteiger partial charge in [-0.15, -0.1) is 0 Å². The van der Waals surface area contributed by atoms with Gasteiger partial charge in [-0.3, -0.25) is 4.90 Å². The molecule has 150 valence electrons. The van der Waals surface area contributed by atoms with Crippen molar-refractivity contribution in [3.63, 3.8) is 0 Å². The quantitative estimate of drug-likeness (QED) is 0.651. The van der Waals surface area contributed by atoms with Crippen LogP contribution < -0.4 is 5.32 Å². The lowest BCUT2D eigenvalue weighted by molar-refractivity contribution is -0.141. The third kappa shape index (κ3) is 5.67. The van der Waals surface area contributed by atoms with Crippen molar-refractivity contribution in [2.75, 3.05) is 32.1 Å². The molecule has 2 aromatic rings. The smallest absolute Gasteiger partial charge is 0.383 e. The molecule has 2 rings (SSSR count). The molecule has 0 bridgehead atoms. The van der Waals surface area contributed by atoms with Crippen LogP contribution in [0.15, 0.2) is 12.1 Å². The Morgan fingerprint density at radius 2 is 1.81 bits per heavy atom. The van der Waals surface area contributed by atoms with Crippen molar-refractivity contribution in [1.82, 2.24) is 9.88 Å². The van der Waals surface area contributed by atoms with Crippen LogP contribution in [0, 0.1) is 20.8 Å². The van der Waals surface area contributed by atoms with Gasteiger partial charge in [-0.05, 0) is 38.4 Å². The number of hydrogen-bond donors (Lipinski definition) is 1. The highest BCUT2D eigenvalue weighted by Crippen LogP contribution is 2.38. The number of anilines is 2. The van der Waals surface area contributed by atoms with Gasteiger partial charge in [0.2, 0.25) is 0 Å². The maximum atomic E-state index is 13.5. The average Bonchev–Trinajstić information content (AvgIpc) is 2.97. The zero-order valence-corrected chi connectivity index (χ0v) is 17.1. The Morgan fingerprint density at radius 1 is 1.19 bits per heavy atom. The van der Waals surface area contributed by atoms with Gasteiger partial charge in [-0.1, -0.05) is 36.0 Å². The number of aryl methyl sites for hydroxylation is 3. The van der Waals surface area contributed by atoms with Crippen molar-refractivity contribution in [1.29, 1.82) is 0 Å². The van der Waals surface area contributed by atoms with E-state index in [0.717, 1.165) is 33.7 Å². The van der Waals surface area contributed by atoms with Gasteiger partial charge in [0.1, 0.15) is 0 Å². The van der Waals surface area contributed by atoms with Crippen LogP contribution in [0.5, 0.6) is 0 Å². The molecule has 4 nitrogen and oxygen atoms in total. The first kappa shape index (κ1) is 21.7. The van der Waals surface area contributed by atoms with Crippen LogP contribution in [0.1, 0.15) is 34.2 Å². The minimum Gasteiger partial charge on any atom is -0.383 e. The van der Waals surface area contributed by atoms with Crippen molar-refractivity contribution in [2.45, 2.75) is 40.4 Å². The first-order chi connectivity index (χ1) is 12.7. The Hall–Kier alpha value is -1.64. The van der Waals surface area contributed by atoms with Crippen molar-refractivity contribution >= 4 is 22.2 Å². The molecule has 27 heavy (non-hydrogen) atoms. The Kier molecular flexibility index (Phi) is 7.25. The monoisotopic (exact) mass is 401 g/mol. The molecule has 1 aromatic carbocycles. The second kappa shape index (κ2) is 9.03. The molecule has 0 unspecified atom stereocenters. The third-order valence-electron chi connectivity index (χ3n) is 4.30. The van der Waals surface area contributed by atoms with E-state index in [4.69, 9.17) is 4.74 Å². The summed E-state index contributed by atoms with van der Waals surface area (Å²) in [6, 6.07) is 4.00. The molecule has 0 saturated heterocycles. The Bertz CT molecular complexity index is 751. The number of rotatable bonds is 8. The fourth-order valence-corrected chi connectivity index (χ4v) is 4.02. The number of methoxy groups -OCH3 is 1. The van der Waals surface area contributed by atoms with Gasteiger partial charge in [0.25, 0.3) is 0 Å². The van der Waals surface area contributed by atoms with Crippen LogP contribution >= 0.6 is 11.3 Å². The number of aromatic nitrogens is 1. The lowest BCUT2D eigenvalue weighted by Crippen LogP contribution is -2.27. The van der Waals surface area contributed by atoms with Gasteiger partial charge in [-0.2, -0.15) is 13.2 Å². The van der Waals surface area contributed by atoms with Crippen LogP contribution in [-0.4, -0.2) is 36.7 Å². The summed E-state index contributed by atoms with van der Waals surface area (Å²) in [6.45, 7) is 9.66. The van der Waals surface area contributed by atoms with Gasteiger partial charge in [0.05, 0.1) is 11.5 Å². The molecule has 0 amide bonds. The molecular weight excluding hydrogens is 375 g/mol. The standard InChI is InChI=1S/C19H26F3N3OS/c1-6-25(7-8-26-5)11-15-17(19(20,21)22)24-18(27-15)23-16-13(3)9-12(2)10-14(16)4/h9-10H,6-8,11H2,1-5H3,(H,23,24). The highest BCUT2D eigenvalue weighted by molar-refractivity contribution is 7.15. The molecule has 1 N–H and O–H groups in total. The van der Waals surface area contributed by atoms with Gasteiger partial charge >= 0.3 is 6.18 Å². The van der Waals surface area contributed by atoms with Crippen LogP contribution in [0.4, 0.5) is 24.0 Å². The molecule has 0 radical (unpaired) electrons. The van der Waals surface area contributed by atoms with Crippen LogP contribution in [0.3, 0.4) is 0 Å². The molecule has 0 aliphatic rings. The Labute approximate surface area is 162 Å². The topological polar surface area (TPSA) is 37.4 Å². The van der Waals surface area contributed by atoms with E-state index in [1.165, 1.54) is 0 Å². The highest BCUT2D eigenvalue weighted by Gasteiger charge is 2.37. The second-order valence-electron chi connectivity index (χ2n) is 6.55. The third-order valence-corrected chi connectivity index (χ3v) is 5.26. The van der Waals surface area contributed by atoms with E-state index < -0.39 is 11.9 Å². The molecule has 0 saturated carbocycles. The SMILES string of the molecule is CCN(CCOC)Cc1sc(Nc2c(C)cc(C)cc2C)nc1C(F)(F)F. The number of halogens is 3. The van der Waals surface area contributed by atoms with E-state index in [1.807, 2.05) is 44.7 Å². The van der Waals surface area contributed by atoms with Gasteiger partial charge < -0.3 is 10.1 Å². The highest BCUT2D eigenvalue weighted by atomic mass is 32.1. The molecule has 0 fully saturated rings. The second-order valence-corrected chi connectivity index (χ2v) is 7.63. The van der Waals surface area contributed by atoms with Gasteiger partial charge in [0, 0.05) is 25.9 Å². The Balaban J connectivity index is 2.33. The summed E-state index contributed by atoms with van der Waals surface area (Å²) >= 11 is 1.06. The van der Waals surface area contributed by atoms with E-state index in [-0.39, 0.29) is 16.6 Å². The Morgan fingerprint density at radius 3 is 2.33 bits per heavy atom. The summed E-state index contributed by atoms with van der Waals surface area (Å²) in [5, 5.41) is 3.36. The molecule has 0 aliphatic carbocycles. The summed E-state index contributed by atoms with van der Waals surface area (Å²) in [5.74, 6) is 0. The molecule has 1 aromatic heterocycles. The number of nitrogens with one attached hydrogen (secondary N) is 1. The lowest BCUT2D eigenvalue weighted by atomic mass is 10.1. The molecule has 0 aliphatic heterocycles. The first-order valence-electron chi connectivity index (χ1n) is 8.78. The molecule has 8 heteroatoms. The number of likely N-dealkylation sites (N-methyl/N-ethyl adjacent to an activating group) is 1. The summed E-state index contributed by atoms with van der Waals surface area (Å²) < 4.78 is 45.5. The lowest BCUT2D eigenvalue weighted by Gasteiger charge is -2.19. The van der Waals surface area contributed by atoms with Crippen LogP contribution in [0.25, 0.3) is 0 Å². The van der Waals surface area contributed by atoms with Crippen LogP contribution in [-0.2, 0) is 17.5 Å². The van der Waals surface area contributed by atoms with Crippen molar-refractivity contribution in [3.05, 3.63) is 39.4 Å². The fraction of sp³-hybridized carbons (Fsp3) is 0.526. The van der Waals surface area contributed by atoms with Crippen LogP contribution in [0.2, 0.25) is 0 Å². The number of nitrogens with zero attached hydrogens (tertiary/aromatic N) is 2. The van der Waals surface area contributed by atoms with E-state index in [2.05, 4.69) is 10.3 Å². The summed E-state index contributed by atoms with van der Waals surface area (Å²) in [7, 11) is 1.58. The number of ether oxygens (including phenoxy) is 1. The van der Waals surface area contributed by atoms with Crippen molar-refractivity contribution in [2.24, 2.45) is 0 Å². The van der Waals surface area contributed by atoms with E-state index in [9.17, 15) is 13.2 Å². The number of hydrogen-bond acceptors (Lipinski definition) is 5. The minimum absolute atomic E-state index is 0.194. The van der Waals surface area contributed by atoms with Gasteiger partial charge in [-0.25, -0.2) is 4.98 Å². The summed E-state index contributed by atoms with van der Waals surface area (Å²) in [6.07, 6.45) is -4.48. The summed E-state index contributed by atoms with van der Waals surface area (Å²) in [4.78, 5) is 6.00. The number of benzene rings is 1. The minimum atomic E-state index is -4.48. The van der Waals surface area contributed by atoms with Crippen molar-refractivity contribution < 1.29 is 17.9 Å². The molecule has 0 spiro atoms. The summed E-state index contributed by atoms with van der Waals surface area (Å²) in [5.41, 5.74) is 3.07. The van der Waals surface area contributed by atoms with Gasteiger partial charge in [0.15, 0.2) is 10.8 Å². The molecule has 1 heterocycles. The van der Waals surface area contributed by atoms with Crippen molar-refractivity contribution in [3.8, 4) is 0 Å². The van der Waals surface area contributed by atoms with E-state index in [0.29, 0.717) is 19.7 Å². The molecule has 0 atom stereocenters. The zero-order valence-electron chi connectivity index (χ0n) is 16.3. The molecular formula is C19H26F3N3OS. The van der Waals surface area contributed by atoms with E-state index >= 15 is 0 Å². The maximum absolute atomic E-state index is 13.5. The zero-order chi connectivity index (χ0) is 20.2. The normalized spacial score (nSPS) is 12.0. The fourth-order valence-electron chi connectivity index (χ4n) is 2.99. The average molecular weight is 401 g/mol. The number of thiazole rings is 1. The van der Waals surface area contributed by atoms with E-state index in [1.54, 1.807) is 7.11 Å².